The molecular formula is C25H29Cl2NO4. The molecule has 0 N–H and O–H groups in total. The first-order chi connectivity index (χ1) is 15.5. The van der Waals surface area contributed by atoms with Gasteiger partial charge in [-0.15, -0.1) is 0 Å². The highest BCUT2D eigenvalue weighted by Gasteiger charge is 2.42. The topological polar surface area (TPSA) is 48.0 Å². The van der Waals surface area contributed by atoms with E-state index in [2.05, 4.69) is 0 Å². The number of amides is 1. The molecule has 4 rings (SSSR count). The highest BCUT2D eigenvalue weighted by molar-refractivity contribution is 6.42. The molecule has 2 atom stereocenters. The number of likely N-dealkylation sites (tertiary alicyclic amines) is 1. The summed E-state index contributed by atoms with van der Waals surface area (Å²) in [6.45, 7) is 2.54. The number of benzene rings is 2. The fourth-order valence-electron chi connectivity index (χ4n) is 4.68. The molecule has 2 aromatic rings. The minimum absolute atomic E-state index is 0.0269. The first-order valence-electron chi connectivity index (χ1n) is 11.1. The van der Waals surface area contributed by atoms with E-state index >= 15 is 0 Å². The summed E-state index contributed by atoms with van der Waals surface area (Å²) in [5.41, 5.74) is 1.39. The minimum Gasteiger partial charge on any atom is -0.496 e. The summed E-state index contributed by atoms with van der Waals surface area (Å²) in [6.07, 6.45) is 4.60. The SMILES string of the molecule is COc1ccccc1C(=O)N1CCC(CCOC2CCCCO2)(c2ccc(Cl)c(Cl)c2)C1. The van der Waals surface area contributed by atoms with E-state index in [1.54, 1.807) is 7.11 Å². The van der Waals surface area contributed by atoms with Crippen LogP contribution in [0.2, 0.25) is 10.0 Å². The fraction of sp³-hybridized carbons (Fsp3) is 0.480. The standard InChI is InChI=1S/C25H29Cl2NO4/c1-30-22-7-3-2-6-19(22)24(29)28-13-11-25(17-28,18-9-10-20(26)21(27)16-18)12-15-32-23-8-4-5-14-31-23/h2-3,6-7,9-10,16,23H,4-5,8,11-15,17H2,1H3. The van der Waals surface area contributed by atoms with Gasteiger partial charge in [-0.25, -0.2) is 0 Å². The van der Waals surface area contributed by atoms with Crippen LogP contribution in [0, 0.1) is 0 Å². The van der Waals surface area contributed by atoms with Crippen molar-refractivity contribution in [3.05, 3.63) is 63.6 Å². The average Bonchev–Trinajstić information content (AvgIpc) is 3.26. The molecular weight excluding hydrogens is 449 g/mol. The Morgan fingerprint density at radius 1 is 1.19 bits per heavy atom. The zero-order chi connectivity index (χ0) is 22.6. The van der Waals surface area contributed by atoms with Crippen molar-refractivity contribution in [1.29, 1.82) is 0 Å². The van der Waals surface area contributed by atoms with Crippen molar-refractivity contribution in [2.24, 2.45) is 0 Å². The van der Waals surface area contributed by atoms with Gasteiger partial charge in [-0.1, -0.05) is 41.4 Å². The lowest BCUT2D eigenvalue weighted by atomic mass is 9.77. The maximum Gasteiger partial charge on any atom is 0.257 e. The van der Waals surface area contributed by atoms with Crippen LogP contribution in [0.4, 0.5) is 0 Å². The second-order valence-electron chi connectivity index (χ2n) is 8.50. The highest BCUT2D eigenvalue weighted by Crippen LogP contribution is 2.41. The largest absolute Gasteiger partial charge is 0.496 e. The number of nitrogens with zero attached hydrogens (tertiary/aromatic N) is 1. The number of hydrogen-bond acceptors (Lipinski definition) is 4. The van der Waals surface area contributed by atoms with Gasteiger partial charge in [0, 0.05) is 25.1 Å². The molecule has 2 heterocycles. The molecule has 0 radical (unpaired) electrons. The van der Waals surface area contributed by atoms with Gasteiger partial charge in [0.2, 0.25) is 0 Å². The van der Waals surface area contributed by atoms with E-state index in [0.29, 0.717) is 41.1 Å². The lowest BCUT2D eigenvalue weighted by Gasteiger charge is -2.32. The number of methoxy groups -OCH3 is 1. The Balaban J connectivity index is 1.54. The number of carbonyl (C=O) groups excluding carboxylic acids is 1. The van der Waals surface area contributed by atoms with Crippen LogP contribution in [0.1, 0.15) is 48.0 Å². The second kappa shape index (κ2) is 10.4. The number of carbonyl (C=O) groups is 1. The summed E-state index contributed by atoms with van der Waals surface area (Å²) in [6, 6.07) is 13.1. The molecule has 2 unspecified atom stereocenters. The van der Waals surface area contributed by atoms with Crippen LogP contribution in [0.25, 0.3) is 0 Å². The van der Waals surface area contributed by atoms with Crippen LogP contribution in [0.5, 0.6) is 5.75 Å². The van der Waals surface area contributed by atoms with E-state index in [1.807, 2.05) is 47.4 Å². The van der Waals surface area contributed by atoms with Gasteiger partial charge in [0.05, 0.1) is 29.3 Å². The summed E-state index contributed by atoms with van der Waals surface area (Å²) in [5, 5.41) is 1.05. The van der Waals surface area contributed by atoms with Gasteiger partial charge in [-0.05, 0) is 61.9 Å². The van der Waals surface area contributed by atoms with Gasteiger partial charge in [0.25, 0.3) is 5.91 Å². The van der Waals surface area contributed by atoms with Gasteiger partial charge in [0.1, 0.15) is 5.75 Å². The molecule has 0 aliphatic carbocycles. The third-order valence-corrected chi connectivity index (χ3v) is 7.27. The van der Waals surface area contributed by atoms with Gasteiger partial charge >= 0.3 is 0 Å². The van der Waals surface area contributed by atoms with Crippen molar-refractivity contribution in [3.63, 3.8) is 0 Å². The molecule has 2 aliphatic rings. The lowest BCUT2D eigenvalue weighted by molar-refractivity contribution is -0.164. The van der Waals surface area contributed by atoms with Crippen LogP contribution < -0.4 is 4.74 Å². The molecule has 1 amide bonds. The van der Waals surface area contributed by atoms with E-state index in [0.717, 1.165) is 44.3 Å². The van der Waals surface area contributed by atoms with Crippen molar-refractivity contribution >= 4 is 29.1 Å². The molecule has 32 heavy (non-hydrogen) atoms. The number of rotatable bonds is 7. The quantitative estimate of drug-likeness (QED) is 0.511. The van der Waals surface area contributed by atoms with Crippen LogP contribution in [0.3, 0.4) is 0 Å². The van der Waals surface area contributed by atoms with E-state index in [9.17, 15) is 4.79 Å². The fourth-order valence-corrected chi connectivity index (χ4v) is 4.97. The molecule has 172 valence electrons. The first-order valence-corrected chi connectivity index (χ1v) is 11.9. The summed E-state index contributed by atoms with van der Waals surface area (Å²) in [4.78, 5) is 15.2. The average molecular weight is 478 g/mol. The number of para-hydroxylation sites is 1. The zero-order valence-electron chi connectivity index (χ0n) is 18.3. The monoisotopic (exact) mass is 477 g/mol. The summed E-state index contributed by atoms with van der Waals surface area (Å²) in [5.74, 6) is 0.559. The normalized spacial score (nSPS) is 23.3. The van der Waals surface area contributed by atoms with Crippen LogP contribution in [-0.4, -0.2) is 50.5 Å². The zero-order valence-corrected chi connectivity index (χ0v) is 19.8. The Labute approximate surface area is 199 Å². The molecule has 2 aromatic carbocycles. The molecule has 2 saturated heterocycles. The van der Waals surface area contributed by atoms with E-state index in [-0.39, 0.29) is 17.6 Å². The van der Waals surface area contributed by atoms with Gasteiger partial charge in [-0.2, -0.15) is 0 Å². The Bertz CT molecular complexity index is 947. The van der Waals surface area contributed by atoms with Crippen LogP contribution >= 0.6 is 23.2 Å². The van der Waals surface area contributed by atoms with Gasteiger partial charge < -0.3 is 19.1 Å². The van der Waals surface area contributed by atoms with Crippen LogP contribution in [0.15, 0.2) is 42.5 Å². The van der Waals surface area contributed by atoms with Crippen molar-refractivity contribution in [2.45, 2.75) is 43.8 Å². The summed E-state index contributed by atoms with van der Waals surface area (Å²) >= 11 is 12.5. The highest BCUT2D eigenvalue weighted by atomic mass is 35.5. The van der Waals surface area contributed by atoms with E-state index < -0.39 is 0 Å². The summed E-state index contributed by atoms with van der Waals surface area (Å²) < 4.78 is 17.2. The van der Waals surface area contributed by atoms with Crippen LogP contribution in [-0.2, 0) is 14.9 Å². The molecule has 7 heteroatoms. The molecule has 0 saturated carbocycles. The Hall–Kier alpha value is -1.79. The van der Waals surface area contributed by atoms with Crippen molar-refractivity contribution in [1.82, 2.24) is 4.90 Å². The third kappa shape index (κ3) is 5.07. The lowest BCUT2D eigenvalue weighted by Crippen LogP contribution is -2.36. The molecule has 5 nitrogen and oxygen atoms in total. The Morgan fingerprint density at radius 2 is 2.03 bits per heavy atom. The van der Waals surface area contributed by atoms with Crippen molar-refractivity contribution in [2.75, 3.05) is 33.4 Å². The third-order valence-electron chi connectivity index (χ3n) is 6.53. The molecule has 2 aliphatic heterocycles. The predicted molar refractivity (Wildman–Crippen MR) is 126 cm³/mol. The second-order valence-corrected chi connectivity index (χ2v) is 9.32. The first kappa shape index (κ1) is 23.4. The Kier molecular flexibility index (Phi) is 7.62. The molecule has 0 spiro atoms. The number of hydrogen-bond donors (Lipinski definition) is 0. The number of halogens is 2. The van der Waals surface area contributed by atoms with Gasteiger partial charge in [-0.3, -0.25) is 4.79 Å². The minimum atomic E-state index is -0.263. The molecule has 2 fully saturated rings. The predicted octanol–water partition coefficient (Wildman–Crippen LogP) is 5.72. The smallest absolute Gasteiger partial charge is 0.257 e. The van der Waals surface area contributed by atoms with E-state index in [4.69, 9.17) is 37.4 Å². The van der Waals surface area contributed by atoms with E-state index in [1.165, 1.54) is 0 Å². The van der Waals surface area contributed by atoms with Crippen molar-refractivity contribution < 1.29 is 19.0 Å². The number of ether oxygens (including phenoxy) is 3. The Morgan fingerprint density at radius 3 is 2.78 bits per heavy atom. The molecule has 0 aromatic heterocycles. The maximum atomic E-state index is 13.3. The maximum absolute atomic E-state index is 13.3. The summed E-state index contributed by atoms with van der Waals surface area (Å²) in [7, 11) is 1.58. The van der Waals surface area contributed by atoms with Gasteiger partial charge in [0.15, 0.2) is 6.29 Å². The molecule has 0 bridgehead atoms. The van der Waals surface area contributed by atoms with Crippen molar-refractivity contribution in [3.8, 4) is 5.75 Å².